The Kier molecular flexibility index (Phi) is 5.05. The summed E-state index contributed by atoms with van der Waals surface area (Å²) in [6.07, 6.45) is 1.68. The smallest absolute Gasteiger partial charge is 0.268 e. The van der Waals surface area contributed by atoms with Crippen molar-refractivity contribution in [2.75, 3.05) is 5.88 Å². The minimum atomic E-state index is -0.277. The quantitative estimate of drug-likeness (QED) is 0.769. The second-order valence-electron chi connectivity index (χ2n) is 3.63. The minimum Gasteiger partial charge on any atom is -0.348 e. The molecule has 0 bridgehead atoms. The highest BCUT2D eigenvalue weighted by Crippen LogP contribution is 1.99. The van der Waals surface area contributed by atoms with Crippen LogP contribution >= 0.6 is 11.6 Å². The van der Waals surface area contributed by atoms with Crippen LogP contribution in [0, 0.1) is 0 Å². The number of hydrogen-bond acceptors (Lipinski definition) is 2. The summed E-state index contributed by atoms with van der Waals surface area (Å²) in [5.74, 6) is 0.322. The molecule has 4 nitrogen and oxygen atoms in total. The number of pyridine rings is 1. The van der Waals surface area contributed by atoms with E-state index in [1.54, 1.807) is 12.1 Å². The van der Waals surface area contributed by atoms with Crippen LogP contribution in [-0.4, -0.2) is 22.8 Å². The maximum atomic E-state index is 11.7. The molecule has 0 spiro atoms. The first-order valence-electron chi connectivity index (χ1n) is 5.19. The Morgan fingerprint density at radius 3 is 2.94 bits per heavy atom. The summed E-state index contributed by atoms with van der Waals surface area (Å²) in [5, 5.41) is 2.79. The number of nitrogens with one attached hydrogen (secondary N) is 2. The molecule has 2 N–H and O–H groups in total. The Morgan fingerprint density at radius 2 is 2.31 bits per heavy atom. The molecule has 0 aromatic carbocycles. The van der Waals surface area contributed by atoms with Gasteiger partial charge in [0.2, 0.25) is 5.56 Å². The summed E-state index contributed by atoms with van der Waals surface area (Å²) < 4.78 is 0. The van der Waals surface area contributed by atoms with E-state index in [1.165, 1.54) is 6.07 Å². The lowest BCUT2D eigenvalue weighted by molar-refractivity contribution is 0.0933. The van der Waals surface area contributed by atoms with Crippen LogP contribution in [0.15, 0.2) is 23.0 Å². The van der Waals surface area contributed by atoms with E-state index in [1.807, 2.05) is 6.92 Å². The summed E-state index contributed by atoms with van der Waals surface area (Å²) >= 11 is 5.56. The molecular weight excluding hydrogens is 228 g/mol. The fourth-order valence-electron chi connectivity index (χ4n) is 1.34. The molecule has 1 atom stereocenters. The van der Waals surface area contributed by atoms with Gasteiger partial charge in [-0.05, 0) is 25.8 Å². The molecule has 16 heavy (non-hydrogen) atoms. The molecule has 1 rings (SSSR count). The van der Waals surface area contributed by atoms with Gasteiger partial charge in [0, 0.05) is 18.0 Å². The SMILES string of the molecule is CC(CCCCl)NC(=O)c1cccc(=O)[nH]1. The topological polar surface area (TPSA) is 62.0 Å². The number of alkyl halides is 1. The van der Waals surface area contributed by atoms with E-state index in [-0.39, 0.29) is 23.2 Å². The van der Waals surface area contributed by atoms with Crippen molar-refractivity contribution in [3.63, 3.8) is 0 Å². The van der Waals surface area contributed by atoms with Crippen molar-refractivity contribution < 1.29 is 4.79 Å². The van der Waals surface area contributed by atoms with E-state index in [9.17, 15) is 9.59 Å². The van der Waals surface area contributed by atoms with Crippen molar-refractivity contribution in [2.24, 2.45) is 0 Å². The normalized spacial score (nSPS) is 12.1. The molecule has 1 aromatic rings. The fraction of sp³-hybridized carbons (Fsp3) is 0.455. The van der Waals surface area contributed by atoms with Gasteiger partial charge in [-0.25, -0.2) is 0 Å². The molecule has 1 aromatic heterocycles. The van der Waals surface area contributed by atoms with Crippen LogP contribution in [0.4, 0.5) is 0 Å². The highest BCUT2D eigenvalue weighted by molar-refractivity contribution is 6.17. The van der Waals surface area contributed by atoms with Gasteiger partial charge in [-0.1, -0.05) is 6.07 Å². The zero-order valence-electron chi connectivity index (χ0n) is 9.13. The Labute approximate surface area is 99.0 Å². The Morgan fingerprint density at radius 1 is 1.56 bits per heavy atom. The van der Waals surface area contributed by atoms with E-state index in [4.69, 9.17) is 11.6 Å². The molecule has 88 valence electrons. The van der Waals surface area contributed by atoms with Gasteiger partial charge in [0.25, 0.3) is 5.91 Å². The van der Waals surface area contributed by atoms with Crippen LogP contribution < -0.4 is 10.9 Å². The molecule has 0 aliphatic rings. The Balaban J connectivity index is 2.55. The number of halogens is 1. The van der Waals surface area contributed by atoms with Gasteiger partial charge in [0.15, 0.2) is 0 Å². The zero-order valence-corrected chi connectivity index (χ0v) is 9.88. The van der Waals surface area contributed by atoms with Gasteiger partial charge < -0.3 is 10.3 Å². The Hall–Kier alpha value is -1.29. The molecule has 0 saturated heterocycles. The molecule has 0 aliphatic carbocycles. The van der Waals surface area contributed by atoms with Crippen molar-refractivity contribution in [1.29, 1.82) is 0 Å². The average molecular weight is 243 g/mol. The first-order chi connectivity index (χ1) is 7.63. The standard InChI is InChI=1S/C11H15ClN2O2/c1-8(4-3-7-12)13-11(16)9-5-2-6-10(15)14-9/h2,5-6,8H,3-4,7H2,1H3,(H,13,16)(H,14,15). The number of carbonyl (C=O) groups excluding carboxylic acids is 1. The lowest BCUT2D eigenvalue weighted by atomic mass is 10.2. The summed E-state index contributed by atoms with van der Waals surface area (Å²) in [5.41, 5.74) is 0.00582. The number of rotatable bonds is 5. The van der Waals surface area contributed by atoms with E-state index in [2.05, 4.69) is 10.3 Å². The second kappa shape index (κ2) is 6.33. The number of hydrogen-bond donors (Lipinski definition) is 2. The Bertz CT molecular complexity index is 403. The fourth-order valence-corrected chi connectivity index (χ4v) is 1.49. The van der Waals surface area contributed by atoms with Gasteiger partial charge in [-0.3, -0.25) is 9.59 Å². The van der Waals surface area contributed by atoms with E-state index < -0.39 is 0 Å². The average Bonchev–Trinajstić information content (AvgIpc) is 2.26. The second-order valence-corrected chi connectivity index (χ2v) is 4.01. The minimum absolute atomic E-state index is 0.0509. The predicted molar refractivity (Wildman–Crippen MR) is 63.9 cm³/mol. The monoisotopic (exact) mass is 242 g/mol. The summed E-state index contributed by atoms with van der Waals surface area (Å²) in [6.45, 7) is 1.91. The van der Waals surface area contributed by atoms with Crippen molar-refractivity contribution >= 4 is 17.5 Å². The first-order valence-corrected chi connectivity index (χ1v) is 5.73. The van der Waals surface area contributed by atoms with E-state index >= 15 is 0 Å². The highest BCUT2D eigenvalue weighted by atomic mass is 35.5. The number of aromatic nitrogens is 1. The third-order valence-electron chi connectivity index (χ3n) is 2.16. The van der Waals surface area contributed by atoms with Crippen molar-refractivity contribution in [3.8, 4) is 0 Å². The number of amides is 1. The molecule has 1 unspecified atom stereocenters. The third kappa shape index (κ3) is 4.06. The lowest BCUT2D eigenvalue weighted by Crippen LogP contribution is -2.33. The first kappa shape index (κ1) is 12.8. The molecule has 0 aliphatic heterocycles. The summed E-state index contributed by atoms with van der Waals surface area (Å²) in [4.78, 5) is 25.1. The van der Waals surface area contributed by atoms with Crippen molar-refractivity contribution in [2.45, 2.75) is 25.8 Å². The van der Waals surface area contributed by atoms with Crippen molar-refractivity contribution in [3.05, 3.63) is 34.2 Å². The van der Waals surface area contributed by atoms with Crippen LogP contribution in [0.1, 0.15) is 30.3 Å². The summed E-state index contributed by atoms with van der Waals surface area (Å²) in [6, 6.07) is 4.55. The number of aromatic amines is 1. The van der Waals surface area contributed by atoms with Gasteiger partial charge in [0.05, 0.1) is 0 Å². The van der Waals surface area contributed by atoms with E-state index in [0.29, 0.717) is 5.88 Å². The molecule has 1 amide bonds. The maximum Gasteiger partial charge on any atom is 0.268 e. The van der Waals surface area contributed by atoms with Gasteiger partial charge in [0.1, 0.15) is 5.69 Å². The third-order valence-corrected chi connectivity index (χ3v) is 2.43. The number of H-pyrrole nitrogens is 1. The molecule has 0 saturated carbocycles. The molecular formula is C11H15ClN2O2. The zero-order chi connectivity index (χ0) is 12.0. The largest absolute Gasteiger partial charge is 0.348 e. The molecule has 0 fully saturated rings. The van der Waals surface area contributed by atoms with Crippen LogP contribution in [0.2, 0.25) is 0 Å². The van der Waals surface area contributed by atoms with Gasteiger partial charge >= 0.3 is 0 Å². The lowest BCUT2D eigenvalue weighted by Gasteiger charge is -2.12. The van der Waals surface area contributed by atoms with Gasteiger partial charge in [-0.2, -0.15) is 0 Å². The van der Waals surface area contributed by atoms with Crippen molar-refractivity contribution in [1.82, 2.24) is 10.3 Å². The van der Waals surface area contributed by atoms with Crippen LogP contribution in [0.25, 0.3) is 0 Å². The van der Waals surface area contributed by atoms with E-state index in [0.717, 1.165) is 12.8 Å². The predicted octanol–water partition coefficient (Wildman–Crippen LogP) is 1.51. The van der Waals surface area contributed by atoms with Crippen LogP contribution in [0.3, 0.4) is 0 Å². The number of carbonyl (C=O) groups is 1. The highest BCUT2D eigenvalue weighted by Gasteiger charge is 2.09. The molecule has 5 heteroatoms. The van der Waals surface area contributed by atoms with Crippen LogP contribution in [0.5, 0.6) is 0 Å². The van der Waals surface area contributed by atoms with Crippen LogP contribution in [-0.2, 0) is 0 Å². The van der Waals surface area contributed by atoms with Gasteiger partial charge in [-0.15, -0.1) is 11.6 Å². The summed E-state index contributed by atoms with van der Waals surface area (Å²) in [7, 11) is 0. The molecule has 1 heterocycles. The maximum absolute atomic E-state index is 11.7. The molecule has 0 radical (unpaired) electrons.